The first kappa shape index (κ1) is 16.9. The maximum atomic E-state index is 11.7. The summed E-state index contributed by atoms with van der Waals surface area (Å²) in [5, 5.41) is 35.6. The topological polar surface area (TPSA) is 142 Å². The fraction of sp³-hybridized carbons (Fsp3) is 0.615. The Labute approximate surface area is 232 Å². The van der Waals surface area contributed by atoms with Gasteiger partial charge in [0.25, 0.3) is 0 Å². The van der Waals surface area contributed by atoms with Crippen molar-refractivity contribution in [2.24, 2.45) is 0 Å². The minimum absolute atomic E-state index is 0.0343. The van der Waals surface area contributed by atoms with Crippen LogP contribution in [0.15, 0.2) is 24.3 Å². The van der Waals surface area contributed by atoms with E-state index in [2.05, 4.69) is 9.84 Å². The van der Waals surface area contributed by atoms with Crippen molar-refractivity contribution in [1.82, 2.24) is 9.78 Å². The van der Waals surface area contributed by atoms with Crippen molar-refractivity contribution in [2.75, 3.05) is 13.2 Å². The number of hydrogen-bond acceptors (Lipinski definition) is 10. The van der Waals surface area contributed by atoms with Crippen LogP contribution in [0.5, 0.6) is 11.6 Å². The van der Waals surface area contributed by atoms with E-state index in [0.717, 1.165) is 0 Å². The zero-order chi connectivity index (χ0) is 36.6. The average molecular weight is 534 g/mol. The molecule has 1 aliphatic rings. The Balaban J connectivity index is 2.19. The molecular formula is C26H38N2O9. The molecule has 0 unspecified atom stereocenters. The standard InChI is InChI=1S/C26H38N2O9/c1-7-33-26(32)34-13-20-21(29)22(30)23(31)25(36-20)37-24-19(16(6)28(27-24)14(2)3)12-17-8-10-18(11-9-17)35-15(4)5/h8-11,14-15,20-23,25,29-31H,7,12-13H2,1-6H3/t20-,21-,22+,23-,25+/m1/s1/i2D3,3D3,6D3,14D,15D. The Morgan fingerprint density at radius 1 is 1.16 bits per heavy atom. The summed E-state index contributed by atoms with van der Waals surface area (Å²) in [6, 6.07) is 2.20. The highest BCUT2D eigenvalue weighted by molar-refractivity contribution is 5.59. The summed E-state index contributed by atoms with van der Waals surface area (Å²) in [6.07, 6.45) is -12.2. The molecule has 11 nitrogen and oxygen atoms in total. The van der Waals surface area contributed by atoms with Crippen LogP contribution < -0.4 is 9.47 Å². The van der Waals surface area contributed by atoms with Crippen molar-refractivity contribution in [1.29, 1.82) is 0 Å². The Kier molecular flexibility index (Phi) is 5.74. The largest absolute Gasteiger partial charge is 0.508 e. The number of ether oxygens (including phenoxy) is 5. The second-order valence-electron chi connectivity index (χ2n) is 8.35. The zero-order valence-corrected chi connectivity index (χ0v) is 20.5. The molecule has 1 aromatic heterocycles. The monoisotopic (exact) mass is 533 g/mol. The molecule has 1 fully saturated rings. The lowest BCUT2D eigenvalue weighted by Crippen LogP contribution is -2.60. The van der Waals surface area contributed by atoms with E-state index in [1.807, 2.05) is 0 Å². The lowest BCUT2D eigenvalue weighted by atomic mass is 9.99. The number of aromatic nitrogens is 2. The van der Waals surface area contributed by atoms with Gasteiger partial charge in [-0.15, -0.1) is 5.10 Å². The van der Waals surface area contributed by atoms with E-state index in [0.29, 0.717) is 5.56 Å². The third-order valence-electron chi connectivity index (χ3n) is 5.31. The molecule has 0 aliphatic carbocycles. The lowest BCUT2D eigenvalue weighted by molar-refractivity contribution is -0.278. The quantitative estimate of drug-likeness (QED) is 0.390. The molecule has 2 heterocycles. The molecule has 0 radical (unpaired) electrons. The second-order valence-corrected chi connectivity index (χ2v) is 8.35. The third kappa shape index (κ3) is 7.13. The van der Waals surface area contributed by atoms with Crippen LogP contribution in [0.1, 0.15) is 72.4 Å². The van der Waals surface area contributed by atoms with Crippen LogP contribution in [0.3, 0.4) is 0 Å². The molecule has 2 aromatic rings. The van der Waals surface area contributed by atoms with Gasteiger partial charge in [0.05, 0.1) is 15.4 Å². The van der Waals surface area contributed by atoms with E-state index < -0.39 is 99.7 Å². The summed E-state index contributed by atoms with van der Waals surface area (Å²) in [5.74, 6) is -0.504. The SMILES string of the molecule is [2H]C(C)(C)Oc1ccc(Cc2c(O[C@@H]3O[C@H](COC(=O)OCC)[C@@H](O)[C@H](O)[C@H]3O)nn(C([2H])(C([2H])([2H])[2H])C([2H])([2H])[2H])c2C([2H])([2H])[2H])cc1. The van der Waals surface area contributed by atoms with E-state index in [-0.39, 0.29) is 17.0 Å². The fourth-order valence-corrected chi connectivity index (χ4v) is 3.53. The van der Waals surface area contributed by atoms with Gasteiger partial charge in [-0.2, -0.15) is 0 Å². The van der Waals surface area contributed by atoms with Gasteiger partial charge in [0.2, 0.25) is 12.2 Å². The highest BCUT2D eigenvalue weighted by Gasteiger charge is 2.46. The van der Waals surface area contributed by atoms with Crippen LogP contribution >= 0.6 is 0 Å². The first-order valence-corrected chi connectivity index (χ1v) is 11.4. The molecule has 0 spiro atoms. The number of aliphatic hydroxyl groups excluding tert-OH is 3. The summed E-state index contributed by atoms with van der Waals surface area (Å²) in [5.41, 5.74) is -1.08. The summed E-state index contributed by atoms with van der Waals surface area (Å²) in [4.78, 5) is 11.7. The summed E-state index contributed by atoms with van der Waals surface area (Å²) < 4.78 is 115. The van der Waals surface area contributed by atoms with Crippen molar-refractivity contribution in [3.63, 3.8) is 0 Å². The van der Waals surface area contributed by atoms with Crippen molar-refractivity contribution in [3.05, 3.63) is 41.1 Å². The van der Waals surface area contributed by atoms with Gasteiger partial charge in [0, 0.05) is 36.0 Å². The van der Waals surface area contributed by atoms with Gasteiger partial charge in [0.1, 0.15) is 36.8 Å². The van der Waals surface area contributed by atoms with Gasteiger partial charge in [0.15, 0.2) is 0 Å². The number of nitrogens with zero attached hydrogens (tertiary/aromatic N) is 2. The van der Waals surface area contributed by atoms with Crippen LogP contribution in [-0.2, 0) is 20.6 Å². The average Bonchev–Trinajstić information content (AvgIpc) is 3.29. The van der Waals surface area contributed by atoms with E-state index in [1.54, 1.807) is 0 Å². The maximum absolute atomic E-state index is 11.7. The molecule has 3 N–H and O–H groups in total. The summed E-state index contributed by atoms with van der Waals surface area (Å²) >= 11 is 0. The van der Waals surface area contributed by atoms with Crippen molar-refractivity contribution < 1.29 is 58.9 Å². The van der Waals surface area contributed by atoms with Crippen LogP contribution in [0.25, 0.3) is 0 Å². The molecule has 1 aliphatic heterocycles. The van der Waals surface area contributed by atoms with E-state index in [1.165, 1.54) is 45.0 Å². The highest BCUT2D eigenvalue weighted by atomic mass is 16.7. The van der Waals surface area contributed by atoms with Gasteiger partial charge in [-0.1, -0.05) is 12.1 Å². The molecule has 37 heavy (non-hydrogen) atoms. The van der Waals surface area contributed by atoms with Crippen molar-refractivity contribution in [3.8, 4) is 11.6 Å². The number of rotatable bonds is 10. The molecule has 3 rings (SSSR count). The van der Waals surface area contributed by atoms with Crippen LogP contribution in [0.2, 0.25) is 0 Å². The molecule has 0 amide bonds. The number of carbonyl (C=O) groups excluding carboxylic acids is 1. The normalized spacial score (nSPS) is 29.8. The van der Waals surface area contributed by atoms with Gasteiger partial charge in [-0.05, 0) is 59.0 Å². The number of benzene rings is 1. The van der Waals surface area contributed by atoms with Crippen molar-refractivity contribution >= 4 is 6.16 Å². The van der Waals surface area contributed by atoms with Gasteiger partial charge >= 0.3 is 6.16 Å². The van der Waals surface area contributed by atoms with E-state index in [4.69, 9.17) is 34.0 Å². The number of hydrogen-bond donors (Lipinski definition) is 3. The maximum Gasteiger partial charge on any atom is 0.508 e. The molecule has 206 valence electrons. The first-order chi connectivity index (χ1) is 21.8. The Morgan fingerprint density at radius 3 is 2.51 bits per heavy atom. The Morgan fingerprint density at radius 2 is 1.89 bits per heavy atom. The predicted molar refractivity (Wildman–Crippen MR) is 133 cm³/mol. The molecular weight excluding hydrogens is 484 g/mol. The van der Waals surface area contributed by atoms with E-state index in [9.17, 15) is 20.1 Å². The molecule has 5 atom stereocenters. The first-order valence-electron chi connectivity index (χ1n) is 16.9. The fourth-order valence-electron chi connectivity index (χ4n) is 3.53. The second kappa shape index (κ2) is 12.6. The molecule has 0 saturated carbocycles. The lowest BCUT2D eigenvalue weighted by Gasteiger charge is -2.39. The zero-order valence-electron chi connectivity index (χ0n) is 31.5. The third-order valence-corrected chi connectivity index (χ3v) is 5.31. The highest BCUT2D eigenvalue weighted by Crippen LogP contribution is 2.31. The predicted octanol–water partition coefficient (Wildman–Crippen LogP) is 2.51. The van der Waals surface area contributed by atoms with Crippen molar-refractivity contribution in [2.45, 2.75) is 90.6 Å². The van der Waals surface area contributed by atoms with Gasteiger partial charge in [-0.3, -0.25) is 4.68 Å². The van der Waals surface area contributed by atoms with Gasteiger partial charge in [-0.25, -0.2) is 4.79 Å². The molecule has 0 bridgehead atoms. The van der Waals surface area contributed by atoms with E-state index >= 15 is 0 Å². The Bertz CT molecular complexity index is 1390. The number of aliphatic hydroxyl groups is 3. The molecule has 1 aromatic carbocycles. The minimum Gasteiger partial charge on any atom is -0.491 e. The van der Waals surface area contributed by atoms with Gasteiger partial charge < -0.3 is 39.0 Å². The van der Waals surface area contributed by atoms with Crippen LogP contribution in [0, 0.1) is 6.85 Å². The van der Waals surface area contributed by atoms with Crippen LogP contribution in [-0.4, -0.2) is 81.3 Å². The Hall–Kier alpha value is -2.86. The summed E-state index contributed by atoms with van der Waals surface area (Å²) in [6.45, 7) is -6.92. The smallest absolute Gasteiger partial charge is 0.491 e. The number of carbonyl (C=O) groups is 1. The summed E-state index contributed by atoms with van der Waals surface area (Å²) in [7, 11) is 0. The molecule has 1 saturated heterocycles. The minimum atomic E-state index is -3.68. The van der Waals surface area contributed by atoms with Crippen LogP contribution in [0.4, 0.5) is 4.79 Å². The molecule has 11 heteroatoms.